The highest BCUT2D eigenvalue weighted by Crippen LogP contribution is 2.39. The molecule has 0 bridgehead atoms. The molecule has 2 heterocycles. The molecule has 0 atom stereocenters. The van der Waals surface area contributed by atoms with E-state index in [1.165, 1.54) is 6.26 Å². The molecule has 8 heteroatoms. The Morgan fingerprint density at radius 3 is 2.16 bits per heavy atom. The standard InChI is InChI=1S/C23H30N2O6/c1-4-28-19-14-16(15-20(29-5-2)21(19)30-6-3)22(26)24-17-9-11-25(12-10-17)23(27)18-8-7-13-31-18/h7-8,13-15,17H,4-6,9-12H2,1-3H3,(H,24,26). The predicted molar refractivity (Wildman–Crippen MR) is 115 cm³/mol. The fourth-order valence-corrected chi connectivity index (χ4v) is 3.57. The second kappa shape index (κ2) is 10.7. The van der Waals surface area contributed by atoms with Gasteiger partial charge in [-0.15, -0.1) is 0 Å². The average Bonchev–Trinajstić information content (AvgIpc) is 3.31. The van der Waals surface area contributed by atoms with Gasteiger partial charge in [-0.1, -0.05) is 0 Å². The van der Waals surface area contributed by atoms with Crippen LogP contribution in [0.15, 0.2) is 34.9 Å². The van der Waals surface area contributed by atoms with Crippen LogP contribution in [0.4, 0.5) is 0 Å². The van der Waals surface area contributed by atoms with Gasteiger partial charge in [0.1, 0.15) is 0 Å². The number of carbonyl (C=O) groups excluding carboxylic acids is 2. The molecule has 1 fully saturated rings. The molecule has 0 spiro atoms. The Balaban J connectivity index is 1.66. The lowest BCUT2D eigenvalue weighted by molar-refractivity contribution is 0.0667. The Morgan fingerprint density at radius 1 is 1.03 bits per heavy atom. The molecule has 2 aromatic rings. The van der Waals surface area contributed by atoms with E-state index >= 15 is 0 Å². The molecule has 168 valence electrons. The lowest BCUT2D eigenvalue weighted by Gasteiger charge is -2.32. The molecule has 1 N–H and O–H groups in total. The normalized spacial score (nSPS) is 14.2. The van der Waals surface area contributed by atoms with Crippen LogP contribution in [0.3, 0.4) is 0 Å². The number of hydrogen-bond acceptors (Lipinski definition) is 6. The van der Waals surface area contributed by atoms with E-state index in [1.807, 2.05) is 20.8 Å². The molecule has 1 aromatic heterocycles. The Hall–Kier alpha value is -3.16. The summed E-state index contributed by atoms with van der Waals surface area (Å²) in [4.78, 5) is 27.1. The minimum atomic E-state index is -0.208. The third-order valence-corrected chi connectivity index (χ3v) is 5.02. The third-order valence-electron chi connectivity index (χ3n) is 5.02. The van der Waals surface area contributed by atoms with Crippen LogP contribution < -0.4 is 19.5 Å². The summed E-state index contributed by atoms with van der Waals surface area (Å²) in [6, 6.07) is 6.70. The molecule has 0 aliphatic carbocycles. The maximum Gasteiger partial charge on any atom is 0.289 e. The van der Waals surface area contributed by atoms with Crippen LogP contribution in [-0.4, -0.2) is 55.7 Å². The van der Waals surface area contributed by atoms with E-state index in [9.17, 15) is 9.59 Å². The Labute approximate surface area is 182 Å². The summed E-state index contributed by atoms with van der Waals surface area (Å²) < 4.78 is 22.3. The van der Waals surface area contributed by atoms with Crippen molar-refractivity contribution in [3.63, 3.8) is 0 Å². The number of rotatable bonds is 9. The first-order valence-electron chi connectivity index (χ1n) is 10.8. The van der Waals surface area contributed by atoms with Crippen molar-refractivity contribution in [3.05, 3.63) is 41.9 Å². The second-order valence-corrected chi connectivity index (χ2v) is 7.12. The zero-order valence-corrected chi connectivity index (χ0v) is 18.3. The molecule has 1 aliphatic heterocycles. The predicted octanol–water partition coefficient (Wildman–Crippen LogP) is 3.51. The molecule has 2 amide bonds. The lowest BCUT2D eigenvalue weighted by atomic mass is 10.0. The van der Waals surface area contributed by atoms with Crippen LogP contribution in [0.2, 0.25) is 0 Å². The SMILES string of the molecule is CCOc1cc(C(=O)NC2CCN(C(=O)c3ccco3)CC2)cc(OCC)c1OCC. The number of furan rings is 1. The Kier molecular flexibility index (Phi) is 7.81. The molecule has 0 unspecified atom stereocenters. The van der Waals surface area contributed by atoms with E-state index in [0.29, 0.717) is 74.3 Å². The Morgan fingerprint density at radius 2 is 1.65 bits per heavy atom. The van der Waals surface area contributed by atoms with Crippen molar-refractivity contribution in [2.75, 3.05) is 32.9 Å². The Bertz CT molecular complexity index is 845. The summed E-state index contributed by atoms with van der Waals surface area (Å²) in [5.74, 6) is 1.49. The third kappa shape index (κ3) is 5.51. The van der Waals surface area contributed by atoms with Crippen molar-refractivity contribution in [2.45, 2.75) is 39.7 Å². The van der Waals surface area contributed by atoms with E-state index in [0.717, 1.165) is 0 Å². The van der Waals surface area contributed by atoms with Gasteiger partial charge in [-0.2, -0.15) is 0 Å². The van der Waals surface area contributed by atoms with Crippen molar-refractivity contribution < 1.29 is 28.2 Å². The smallest absolute Gasteiger partial charge is 0.289 e. The van der Waals surface area contributed by atoms with Crippen molar-refractivity contribution >= 4 is 11.8 Å². The summed E-state index contributed by atoms with van der Waals surface area (Å²) in [6.45, 7) is 8.10. The van der Waals surface area contributed by atoms with Crippen LogP contribution in [0, 0.1) is 0 Å². The van der Waals surface area contributed by atoms with E-state index < -0.39 is 0 Å². The second-order valence-electron chi connectivity index (χ2n) is 7.12. The van der Waals surface area contributed by atoms with Gasteiger partial charge in [0.25, 0.3) is 11.8 Å². The van der Waals surface area contributed by atoms with Crippen LogP contribution >= 0.6 is 0 Å². The number of nitrogens with one attached hydrogen (secondary N) is 1. The van der Waals surface area contributed by atoms with Crippen molar-refractivity contribution in [2.24, 2.45) is 0 Å². The highest BCUT2D eigenvalue weighted by Gasteiger charge is 2.27. The largest absolute Gasteiger partial charge is 0.490 e. The summed E-state index contributed by atoms with van der Waals surface area (Å²) in [5.41, 5.74) is 0.449. The molecule has 0 radical (unpaired) electrons. The summed E-state index contributed by atoms with van der Waals surface area (Å²) in [6.07, 6.45) is 2.84. The van der Waals surface area contributed by atoms with E-state index in [1.54, 1.807) is 29.2 Å². The highest BCUT2D eigenvalue weighted by atomic mass is 16.5. The number of benzene rings is 1. The van der Waals surface area contributed by atoms with Gasteiger partial charge in [0.2, 0.25) is 5.75 Å². The fraction of sp³-hybridized carbons (Fsp3) is 0.478. The van der Waals surface area contributed by atoms with Crippen molar-refractivity contribution in [1.29, 1.82) is 0 Å². The minimum absolute atomic E-state index is 0.0224. The van der Waals surface area contributed by atoms with Crippen LogP contribution in [0.25, 0.3) is 0 Å². The zero-order valence-electron chi connectivity index (χ0n) is 18.3. The number of ether oxygens (including phenoxy) is 3. The van der Waals surface area contributed by atoms with Gasteiger partial charge in [0, 0.05) is 24.7 Å². The van der Waals surface area contributed by atoms with Gasteiger partial charge in [0.15, 0.2) is 17.3 Å². The number of amides is 2. The van der Waals surface area contributed by atoms with Gasteiger partial charge in [0.05, 0.1) is 26.1 Å². The number of carbonyl (C=O) groups is 2. The molecule has 31 heavy (non-hydrogen) atoms. The highest BCUT2D eigenvalue weighted by molar-refractivity contribution is 5.96. The number of hydrogen-bond donors (Lipinski definition) is 1. The molecular weight excluding hydrogens is 400 g/mol. The molecule has 1 saturated heterocycles. The summed E-state index contributed by atoms with van der Waals surface area (Å²) in [5, 5.41) is 3.07. The van der Waals surface area contributed by atoms with Crippen LogP contribution in [0.5, 0.6) is 17.2 Å². The monoisotopic (exact) mass is 430 g/mol. The van der Waals surface area contributed by atoms with Gasteiger partial charge in [-0.25, -0.2) is 0 Å². The molecule has 0 saturated carbocycles. The van der Waals surface area contributed by atoms with Gasteiger partial charge in [-0.3, -0.25) is 9.59 Å². The summed E-state index contributed by atoms with van der Waals surface area (Å²) in [7, 11) is 0. The topological polar surface area (TPSA) is 90.2 Å². The quantitative estimate of drug-likeness (QED) is 0.655. The van der Waals surface area contributed by atoms with Crippen molar-refractivity contribution in [3.8, 4) is 17.2 Å². The van der Waals surface area contributed by atoms with Gasteiger partial charge < -0.3 is 28.8 Å². The molecule has 3 rings (SSSR count). The van der Waals surface area contributed by atoms with E-state index in [4.69, 9.17) is 18.6 Å². The number of piperidine rings is 1. The minimum Gasteiger partial charge on any atom is -0.490 e. The van der Waals surface area contributed by atoms with Crippen molar-refractivity contribution in [1.82, 2.24) is 10.2 Å². The molecule has 1 aliphatic rings. The fourth-order valence-electron chi connectivity index (χ4n) is 3.57. The maximum atomic E-state index is 12.9. The zero-order chi connectivity index (χ0) is 22.2. The number of likely N-dealkylation sites (tertiary alicyclic amines) is 1. The lowest BCUT2D eigenvalue weighted by Crippen LogP contribution is -2.46. The van der Waals surface area contributed by atoms with E-state index in [-0.39, 0.29) is 17.9 Å². The van der Waals surface area contributed by atoms with Gasteiger partial charge in [-0.05, 0) is 57.9 Å². The summed E-state index contributed by atoms with van der Waals surface area (Å²) >= 11 is 0. The van der Waals surface area contributed by atoms with E-state index in [2.05, 4.69) is 5.32 Å². The maximum absolute atomic E-state index is 12.9. The number of nitrogens with zero attached hydrogens (tertiary/aromatic N) is 1. The molecule has 1 aromatic carbocycles. The first-order valence-corrected chi connectivity index (χ1v) is 10.8. The van der Waals surface area contributed by atoms with Crippen LogP contribution in [-0.2, 0) is 0 Å². The molecular formula is C23H30N2O6. The first kappa shape index (κ1) is 22.5. The van der Waals surface area contributed by atoms with Gasteiger partial charge >= 0.3 is 0 Å². The first-order chi connectivity index (χ1) is 15.1. The molecule has 8 nitrogen and oxygen atoms in total. The van der Waals surface area contributed by atoms with Crippen LogP contribution in [0.1, 0.15) is 54.5 Å². The average molecular weight is 431 g/mol.